The Morgan fingerprint density at radius 2 is 1.81 bits per heavy atom. The predicted molar refractivity (Wildman–Crippen MR) is 112 cm³/mol. The van der Waals surface area contributed by atoms with E-state index in [9.17, 15) is 23.1 Å². The van der Waals surface area contributed by atoms with Crippen molar-refractivity contribution in [1.82, 2.24) is 14.9 Å². The van der Waals surface area contributed by atoms with Gasteiger partial charge in [0.25, 0.3) is 0 Å². The third-order valence-electron chi connectivity index (χ3n) is 4.85. The van der Waals surface area contributed by atoms with Crippen LogP contribution in [0.4, 0.5) is 13.2 Å². The molecule has 0 aliphatic rings. The lowest BCUT2D eigenvalue weighted by molar-refractivity contribution is -0.271. The van der Waals surface area contributed by atoms with Crippen molar-refractivity contribution in [3.63, 3.8) is 0 Å². The van der Waals surface area contributed by atoms with Crippen LogP contribution in [-0.2, 0) is 17.4 Å². The molecule has 2 unspecified atom stereocenters. The maximum absolute atomic E-state index is 13.7. The molecule has 2 atom stereocenters. The van der Waals surface area contributed by atoms with Crippen LogP contribution in [0.3, 0.4) is 0 Å². The minimum Gasteiger partial charge on any atom is -0.490 e. The number of aliphatic hydroxyl groups is 1. The third-order valence-corrected chi connectivity index (χ3v) is 4.85. The highest BCUT2D eigenvalue weighted by atomic mass is 19.4. The Balaban J connectivity index is 2.19. The fourth-order valence-corrected chi connectivity index (χ4v) is 3.13. The summed E-state index contributed by atoms with van der Waals surface area (Å²) < 4.78 is 53.5. The van der Waals surface area contributed by atoms with E-state index < -0.39 is 36.0 Å². The SMILES string of the molecule is CCCOc1ccc(C(C)NC(=O)CC(O)(c2nccn2C)C(F)(F)F)cc1OCCC. The number of benzene rings is 1. The zero-order valence-corrected chi connectivity index (χ0v) is 18.7. The molecule has 0 saturated heterocycles. The summed E-state index contributed by atoms with van der Waals surface area (Å²) in [6.45, 7) is 6.55. The molecule has 0 saturated carbocycles. The highest BCUT2D eigenvalue weighted by molar-refractivity contribution is 5.77. The number of hydrogen-bond donors (Lipinski definition) is 2. The molecular weight excluding hydrogens is 427 g/mol. The topological polar surface area (TPSA) is 85.6 Å². The number of carbonyl (C=O) groups is 1. The monoisotopic (exact) mass is 457 g/mol. The summed E-state index contributed by atoms with van der Waals surface area (Å²) in [6.07, 6.45) is -2.31. The van der Waals surface area contributed by atoms with E-state index in [1.165, 1.54) is 13.2 Å². The van der Waals surface area contributed by atoms with Gasteiger partial charge in [0, 0.05) is 19.4 Å². The van der Waals surface area contributed by atoms with Gasteiger partial charge in [-0.1, -0.05) is 19.9 Å². The van der Waals surface area contributed by atoms with E-state index in [0.29, 0.717) is 30.3 Å². The van der Waals surface area contributed by atoms with Crippen LogP contribution in [0.15, 0.2) is 30.6 Å². The first-order chi connectivity index (χ1) is 15.0. The van der Waals surface area contributed by atoms with Crippen molar-refractivity contribution in [3.05, 3.63) is 42.0 Å². The number of nitrogens with zero attached hydrogens (tertiary/aromatic N) is 2. The summed E-state index contributed by atoms with van der Waals surface area (Å²) in [5.41, 5.74) is -2.79. The van der Waals surface area contributed by atoms with Crippen LogP contribution in [0.1, 0.15) is 57.5 Å². The van der Waals surface area contributed by atoms with Crippen molar-refractivity contribution in [1.29, 1.82) is 0 Å². The molecule has 2 rings (SSSR count). The molecule has 1 heterocycles. The Hall–Kier alpha value is -2.75. The molecule has 0 aliphatic heterocycles. The van der Waals surface area contributed by atoms with Crippen LogP contribution in [0.5, 0.6) is 11.5 Å². The van der Waals surface area contributed by atoms with Crippen LogP contribution < -0.4 is 14.8 Å². The van der Waals surface area contributed by atoms with E-state index in [-0.39, 0.29) is 0 Å². The van der Waals surface area contributed by atoms with Crippen molar-refractivity contribution in [2.45, 2.75) is 57.9 Å². The zero-order chi connectivity index (χ0) is 23.9. The average Bonchev–Trinajstić information content (AvgIpc) is 3.16. The molecule has 2 aromatic rings. The first-order valence-corrected chi connectivity index (χ1v) is 10.5. The van der Waals surface area contributed by atoms with Gasteiger partial charge in [0.1, 0.15) is 0 Å². The smallest absolute Gasteiger partial charge is 0.425 e. The van der Waals surface area contributed by atoms with Gasteiger partial charge in [-0.2, -0.15) is 13.2 Å². The Kier molecular flexibility index (Phi) is 8.54. The van der Waals surface area contributed by atoms with Gasteiger partial charge in [0.05, 0.1) is 25.7 Å². The summed E-state index contributed by atoms with van der Waals surface area (Å²) in [6, 6.07) is 4.48. The molecule has 2 N–H and O–H groups in total. The van der Waals surface area contributed by atoms with E-state index in [1.54, 1.807) is 25.1 Å². The molecule has 1 aromatic carbocycles. The minimum absolute atomic E-state index is 0.467. The van der Waals surface area contributed by atoms with Gasteiger partial charge in [-0.05, 0) is 37.5 Å². The van der Waals surface area contributed by atoms with E-state index in [4.69, 9.17) is 9.47 Å². The highest BCUT2D eigenvalue weighted by Gasteiger charge is 2.58. The van der Waals surface area contributed by atoms with Crippen LogP contribution in [0, 0.1) is 0 Å². The van der Waals surface area contributed by atoms with Gasteiger partial charge in [-0.25, -0.2) is 4.98 Å². The molecule has 0 aliphatic carbocycles. The molecule has 178 valence electrons. The molecule has 0 bridgehead atoms. The number of imidazole rings is 1. The number of rotatable bonds is 11. The number of carbonyl (C=O) groups excluding carboxylic acids is 1. The molecule has 7 nitrogen and oxygen atoms in total. The minimum atomic E-state index is -5.09. The summed E-state index contributed by atoms with van der Waals surface area (Å²) in [4.78, 5) is 16.1. The first kappa shape index (κ1) is 25.5. The van der Waals surface area contributed by atoms with Crippen LogP contribution in [0.25, 0.3) is 0 Å². The molecular formula is C22H30F3N3O4. The van der Waals surface area contributed by atoms with Gasteiger partial charge < -0.3 is 24.5 Å². The van der Waals surface area contributed by atoms with Gasteiger partial charge in [-0.15, -0.1) is 0 Å². The van der Waals surface area contributed by atoms with Gasteiger partial charge in [0.2, 0.25) is 11.5 Å². The molecule has 0 radical (unpaired) electrons. The fraction of sp³-hybridized carbons (Fsp3) is 0.545. The summed E-state index contributed by atoms with van der Waals surface area (Å²) >= 11 is 0. The summed E-state index contributed by atoms with van der Waals surface area (Å²) in [7, 11) is 1.32. The van der Waals surface area contributed by atoms with Gasteiger partial charge >= 0.3 is 6.18 Å². The largest absolute Gasteiger partial charge is 0.490 e. The number of halogens is 3. The Morgan fingerprint density at radius 1 is 1.19 bits per heavy atom. The van der Waals surface area contributed by atoms with Crippen LogP contribution in [-0.4, -0.2) is 40.0 Å². The van der Waals surface area contributed by atoms with Crippen molar-refractivity contribution in [2.75, 3.05) is 13.2 Å². The van der Waals surface area contributed by atoms with Gasteiger partial charge in [-0.3, -0.25) is 4.79 Å². The molecule has 0 fully saturated rings. The summed E-state index contributed by atoms with van der Waals surface area (Å²) in [5.74, 6) is -0.564. The number of aryl methyl sites for hydroxylation is 1. The number of aromatic nitrogens is 2. The maximum Gasteiger partial charge on any atom is 0.425 e. The Bertz CT molecular complexity index is 901. The number of ether oxygens (including phenoxy) is 2. The molecule has 32 heavy (non-hydrogen) atoms. The number of hydrogen-bond acceptors (Lipinski definition) is 5. The lowest BCUT2D eigenvalue weighted by Gasteiger charge is -2.30. The van der Waals surface area contributed by atoms with Crippen molar-refractivity contribution >= 4 is 5.91 Å². The second-order valence-corrected chi connectivity index (χ2v) is 7.59. The Labute approximate surface area is 185 Å². The van der Waals surface area contributed by atoms with E-state index in [0.717, 1.165) is 23.6 Å². The molecule has 1 aromatic heterocycles. The highest BCUT2D eigenvalue weighted by Crippen LogP contribution is 2.41. The quantitative estimate of drug-likeness (QED) is 0.533. The predicted octanol–water partition coefficient (Wildman–Crippen LogP) is 4.02. The van der Waals surface area contributed by atoms with E-state index in [2.05, 4.69) is 10.3 Å². The molecule has 1 amide bonds. The van der Waals surface area contributed by atoms with E-state index >= 15 is 0 Å². The van der Waals surface area contributed by atoms with E-state index in [1.807, 2.05) is 13.8 Å². The Morgan fingerprint density at radius 3 is 2.34 bits per heavy atom. The molecule has 0 spiro atoms. The second-order valence-electron chi connectivity index (χ2n) is 7.59. The lowest BCUT2D eigenvalue weighted by atomic mass is 9.96. The number of alkyl halides is 3. The number of amides is 1. The third kappa shape index (κ3) is 5.93. The lowest BCUT2D eigenvalue weighted by Crippen LogP contribution is -2.48. The average molecular weight is 457 g/mol. The fourth-order valence-electron chi connectivity index (χ4n) is 3.13. The van der Waals surface area contributed by atoms with Crippen LogP contribution >= 0.6 is 0 Å². The zero-order valence-electron chi connectivity index (χ0n) is 18.7. The standard InChI is InChI=1S/C22H30F3N3O4/c1-5-11-31-17-8-7-16(13-18(17)32-12-6-2)15(3)27-19(29)14-21(30,22(23,24)25)20-26-9-10-28(20)4/h7-10,13,15,30H,5-6,11-12,14H2,1-4H3,(H,27,29). The van der Waals surface area contributed by atoms with Crippen molar-refractivity contribution in [2.24, 2.45) is 7.05 Å². The van der Waals surface area contributed by atoms with Crippen molar-refractivity contribution < 1.29 is 32.5 Å². The van der Waals surface area contributed by atoms with Crippen molar-refractivity contribution in [3.8, 4) is 11.5 Å². The first-order valence-electron chi connectivity index (χ1n) is 10.5. The van der Waals surface area contributed by atoms with Gasteiger partial charge in [0.15, 0.2) is 17.3 Å². The second kappa shape index (κ2) is 10.7. The molecule has 10 heteroatoms. The number of nitrogens with one attached hydrogen (secondary N) is 1. The summed E-state index contributed by atoms with van der Waals surface area (Å²) in [5, 5.41) is 12.9. The normalized spacial score (nSPS) is 14.5. The van der Waals surface area contributed by atoms with Crippen LogP contribution in [0.2, 0.25) is 0 Å². The maximum atomic E-state index is 13.7.